The van der Waals surface area contributed by atoms with E-state index in [1.165, 1.54) is 0 Å². The van der Waals surface area contributed by atoms with Gasteiger partial charge >= 0.3 is 5.97 Å². The van der Waals surface area contributed by atoms with E-state index in [0.717, 1.165) is 25.9 Å². The first kappa shape index (κ1) is 16.0. The summed E-state index contributed by atoms with van der Waals surface area (Å²) in [5.74, 6) is 0.519. The molecule has 1 atom stereocenters. The number of hydrogen-bond acceptors (Lipinski definition) is 5. The number of rotatable bonds is 4. The van der Waals surface area contributed by atoms with Gasteiger partial charge in [0.2, 0.25) is 5.89 Å². The van der Waals surface area contributed by atoms with Crippen molar-refractivity contribution in [2.45, 2.75) is 32.2 Å². The number of aromatic nitrogens is 2. The van der Waals surface area contributed by atoms with Crippen molar-refractivity contribution in [3.8, 4) is 0 Å². The summed E-state index contributed by atoms with van der Waals surface area (Å²) in [7, 11) is 0. The molecule has 0 bridgehead atoms. The maximum atomic E-state index is 11.4. The summed E-state index contributed by atoms with van der Waals surface area (Å²) in [5.41, 5.74) is 0.914. The molecule has 2 heterocycles. The van der Waals surface area contributed by atoms with Crippen LogP contribution in [0.25, 0.3) is 0 Å². The van der Waals surface area contributed by atoms with Crippen LogP contribution in [-0.4, -0.2) is 39.2 Å². The molecule has 1 fully saturated rings. The Hall–Kier alpha value is -1.92. The molecule has 122 valence electrons. The van der Waals surface area contributed by atoms with Gasteiger partial charge in [-0.15, -0.1) is 0 Å². The SMILES string of the molecule is Cc1noc(C2CCCN(Cc3c(Cl)cccc3C(=O)O)C2)n1. The van der Waals surface area contributed by atoms with Gasteiger partial charge in [0.15, 0.2) is 5.82 Å². The quantitative estimate of drug-likeness (QED) is 0.924. The van der Waals surface area contributed by atoms with Gasteiger partial charge in [0.05, 0.1) is 11.5 Å². The first-order chi connectivity index (χ1) is 11.0. The van der Waals surface area contributed by atoms with Crippen LogP contribution in [0.1, 0.15) is 46.4 Å². The van der Waals surface area contributed by atoms with Crippen LogP contribution in [0.4, 0.5) is 0 Å². The maximum Gasteiger partial charge on any atom is 0.336 e. The molecule has 2 aromatic rings. The summed E-state index contributed by atoms with van der Waals surface area (Å²) in [5, 5.41) is 13.7. The predicted octanol–water partition coefficient (Wildman–Crippen LogP) is 3.11. The van der Waals surface area contributed by atoms with Crippen molar-refractivity contribution in [2.75, 3.05) is 13.1 Å². The van der Waals surface area contributed by atoms with Crippen molar-refractivity contribution in [1.29, 1.82) is 0 Å². The number of benzene rings is 1. The second kappa shape index (κ2) is 6.68. The summed E-state index contributed by atoms with van der Waals surface area (Å²) < 4.78 is 5.28. The number of hydrogen-bond donors (Lipinski definition) is 1. The van der Waals surface area contributed by atoms with Crippen LogP contribution in [0.2, 0.25) is 5.02 Å². The summed E-state index contributed by atoms with van der Waals surface area (Å²) in [6.07, 6.45) is 1.99. The van der Waals surface area contributed by atoms with Gasteiger partial charge in [0, 0.05) is 18.1 Å². The smallest absolute Gasteiger partial charge is 0.336 e. The third-order valence-electron chi connectivity index (χ3n) is 4.13. The molecule has 7 heteroatoms. The lowest BCUT2D eigenvalue weighted by molar-refractivity contribution is 0.0693. The first-order valence-electron chi connectivity index (χ1n) is 7.58. The van der Waals surface area contributed by atoms with Crippen LogP contribution in [-0.2, 0) is 6.54 Å². The van der Waals surface area contributed by atoms with Gasteiger partial charge in [0.25, 0.3) is 0 Å². The lowest BCUT2D eigenvalue weighted by Crippen LogP contribution is -2.34. The van der Waals surface area contributed by atoms with Crippen molar-refractivity contribution in [2.24, 2.45) is 0 Å². The molecule has 1 aromatic heterocycles. The van der Waals surface area contributed by atoms with Gasteiger partial charge in [-0.25, -0.2) is 4.79 Å². The fraction of sp³-hybridized carbons (Fsp3) is 0.438. The molecular weight excluding hydrogens is 318 g/mol. The second-order valence-electron chi connectivity index (χ2n) is 5.83. The Balaban J connectivity index is 1.77. The Kier molecular flexibility index (Phi) is 4.63. The van der Waals surface area contributed by atoms with E-state index in [1.54, 1.807) is 25.1 Å². The van der Waals surface area contributed by atoms with Crippen LogP contribution in [0, 0.1) is 6.92 Å². The van der Waals surface area contributed by atoms with Crippen molar-refractivity contribution in [3.63, 3.8) is 0 Å². The third kappa shape index (κ3) is 3.54. The van der Waals surface area contributed by atoms with E-state index in [9.17, 15) is 9.90 Å². The Morgan fingerprint density at radius 1 is 1.52 bits per heavy atom. The van der Waals surface area contributed by atoms with Gasteiger partial charge in [-0.3, -0.25) is 4.90 Å². The molecule has 1 unspecified atom stereocenters. The summed E-state index contributed by atoms with van der Waals surface area (Å²) in [6.45, 7) is 3.96. The minimum absolute atomic E-state index is 0.181. The molecule has 0 aliphatic carbocycles. The number of carboxylic acids is 1. The molecular formula is C16H18ClN3O3. The number of carbonyl (C=O) groups is 1. The molecule has 1 saturated heterocycles. The van der Waals surface area contributed by atoms with Crippen LogP contribution in [0.5, 0.6) is 0 Å². The fourth-order valence-electron chi connectivity index (χ4n) is 3.02. The van der Waals surface area contributed by atoms with E-state index in [-0.39, 0.29) is 11.5 Å². The number of nitrogens with zero attached hydrogens (tertiary/aromatic N) is 3. The Bertz CT molecular complexity index is 716. The number of aryl methyl sites for hydroxylation is 1. The van der Waals surface area contributed by atoms with Gasteiger partial charge < -0.3 is 9.63 Å². The van der Waals surface area contributed by atoms with E-state index in [1.807, 2.05) is 0 Å². The number of likely N-dealkylation sites (tertiary alicyclic amines) is 1. The van der Waals surface area contributed by atoms with Crippen molar-refractivity contribution < 1.29 is 14.4 Å². The lowest BCUT2D eigenvalue weighted by Gasteiger charge is -2.31. The highest BCUT2D eigenvalue weighted by Crippen LogP contribution is 2.29. The van der Waals surface area contributed by atoms with Crippen LogP contribution < -0.4 is 0 Å². The average Bonchev–Trinajstić information content (AvgIpc) is 2.96. The number of aromatic carboxylic acids is 1. The Morgan fingerprint density at radius 2 is 2.35 bits per heavy atom. The number of piperidine rings is 1. The van der Waals surface area contributed by atoms with E-state index < -0.39 is 5.97 Å². The standard InChI is InChI=1S/C16H18ClN3O3/c1-10-18-15(23-19-10)11-4-3-7-20(8-11)9-13-12(16(21)22)5-2-6-14(13)17/h2,5-6,11H,3-4,7-9H2,1H3,(H,21,22). The maximum absolute atomic E-state index is 11.4. The monoisotopic (exact) mass is 335 g/mol. The van der Waals surface area contributed by atoms with Gasteiger partial charge in [-0.05, 0) is 44.0 Å². The van der Waals surface area contributed by atoms with E-state index >= 15 is 0 Å². The molecule has 0 radical (unpaired) electrons. The molecule has 3 rings (SSSR count). The Labute approximate surface area is 139 Å². The first-order valence-corrected chi connectivity index (χ1v) is 7.95. The highest BCUT2D eigenvalue weighted by atomic mass is 35.5. The molecule has 1 N–H and O–H groups in total. The zero-order valence-corrected chi connectivity index (χ0v) is 13.6. The van der Waals surface area contributed by atoms with Gasteiger partial charge in [-0.1, -0.05) is 22.8 Å². The van der Waals surface area contributed by atoms with Crippen molar-refractivity contribution in [1.82, 2.24) is 15.0 Å². The zero-order valence-electron chi connectivity index (χ0n) is 12.8. The van der Waals surface area contributed by atoms with E-state index in [4.69, 9.17) is 16.1 Å². The topological polar surface area (TPSA) is 79.5 Å². The normalized spacial score (nSPS) is 19.0. The predicted molar refractivity (Wildman–Crippen MR) is 84.7 cm³/mol. The minimum Gasteiger partial charge on any atom is -0.478 e. The van der Waals surface area contributed by atoms with Gasteiger partial charge in [-0.2, -0.15) is 4.98 Å². The second-order valence-corrected chi connectivity index (χ2v) is 6.23. The molecule has 6 nitrogen and oxygen atoms in total. The number of halogens is 1. The minimum atomic E-state index is -0.955. The molecule has 0 amide bonds. The largest absolute Gasteiger partial charge is 0.478 e. The van der Waals surface area contributed by atoms with Gasteiger partial charge in [0.1, 0.15) is 0 Å². The number of carboxylic acid groups (broad SMARTS) is 1. The summed E-state index contributed by atoms with van der Waals surface area (Å²) in [4.78, 5) is 17.9. The molecule has 0 spiro atoms. The van der Waals surface area contributed by atoms with E-state index in [2.05, 4.69) is 15.0 Å². The lowest BCUT2D eigenvalue weighted by atomic mass is 9.97. The molecule has 0 saturated carbocycles. The molecule has 23 heavy (non-hydrogen) atoms. The molecule has 1 aliphatic heterocycles. The highest BCUT2D eigenvalue weighted by molar-refractivity contribution is 6.31. The third-order valence-corrected chi connectivity index (χ3v) is 4.48. The Morgan fingerprint density at radius 3 is 3.04 bits per heavy atom. The fourth-order valence-corrected chi connectivity index (χ4v) is 3.26. The average molecular weight is 336 g/mol. The highest BCUT2D eigenvalue weighted by Gasteiger charge is 2.27. The van der Waals surface area contributed by atoms with Crippen molar-refractivity contribution in [3.05, 3.63) is 46.1 Å². The summed E-state index contributed by atoms with van der Waals surface area (Å²) in [6, 6.07) is 4.98. The molecule has 1 aliphatic rings. The van der Waals surface area contributed by atoms with Crippen molar-refractivity contribution >= 4 is 17.6 Å². The van der Waals surface area contributed by atoms with Crippen LogP contribution >= 0.6 is 11.6 Å². The summed E-state index contributed by atoms with van der Waals surface area (Å²) >= 11 is 6.22. The zero-order chi connectivity index (χ0) is 16.4. The van der Waals surface area contributed by atoms with Crippen LogP contribution in [0.3, 0.4) is 0 Å². The van der Waals surface area contributed by atoms with E-state index in [0.29, 0.717) is 28.8 Å². The molecule has 1 aromatic carbocycles. The van der Waals surface area contributed by atoms with Crippen LogP contribution in [0.15, 0.2) is 22.7 Å².